The fourth-order valence-corrected chi connectivity index (χ4v) is 0.826. The van der Waals surface area contributed by atoms with Crippen LogP contribution in [0, 0.1) is 0 Å². The maximum absolute atomic E-state index is 11.5. The van der Waals surface area contributed by atoms with Crippen molar-refractivity contribution in [1.82, 2.24) is 5.32 Å². The van der Waals surface area contributed by atoms with E-state index in [4.69, 9.17) is 15.6 Å². The van der Waals surface area contributed by atoms with Crippen molar-refractivity contribution in [1.29, 1.82) is 0 Å². The zero-order chi connectivity index (χ0) is 12.9. The second kappa shape index (κ2) is 5.45. The number of carbonyl (C=O) groups is 3. The first-order valence-electron chi connectivity index (χ1n) is 4.58. The Morgan fingerprint density at radius 1 is 1.44 bits per heavy atom. The smallest absolute Gasteiger partial charge is 0.326 e. The molecule has 0 rings (SSSR count). The quantitative estimate of drug-likeness (QED) is 0.534. The summed E-state index contributed by atoms with van der Waals surface area (Å²) in [5.74, 6) is -2.74. The summed E-state index contributed by atoms with van der Waals surface area (Å²) in [6.07, 6.45) is -0.457. The van der Waals surface area contributed by atoms with Crippen LogP contribution in [0.1, 0.15) is 20.3 Å². The predicted octanol–water partition coefficient (Wildman–Crippen LogP) is -1.14. The predicted molar refractivity (Wildman–Crippen MR) is 54.5 cm³/mol. The number of carbonyl (C=O) groups excluding carboxylic acids is 2. The molecule has 0 saturated carbocycles. The van der Waals surface area contributed by atoms with Crippen LogP contribution < -0.4 is 11.1 Å². The van der Waals surface area contributed by atoms with Gasteiger partial charge < -0.3 is 20.9 Å². The molecule has 0 bridgehead atoms. The number of hydrogen-bond acceptors (Lipinski definition) is 4. The van der Waals surface area contributed by atoms with Crippen LogP contribution in [0.4, 0.5) is 0 Å². The van der Waals surface area contributed by atoms with E-state index in [1.807, 2.05) is 0 Å². The van der Waals surface area contributed by atoms with E-state index in [1.54, 1.807) is 0 Å². The zero-order valence-corrected chi connectivity index (χ0v) is 9.44. The lowest BCUT2D eigenvalue weighted by molar-refractivity contribution is -0.148. The highest BCUT2D eigenvalue weighted by atomic mass is 16.5. The van der Waals surface area contributed by atoms with E-state index in [0.717, 1.165) is 0 Å². The number of rotatable bonds is 6. The van der Waals surface area contributed by atoms with Crippen molar-refractivity contribution in [2.24, 2.45) is 5.73 Å². The maximum atomic E-state index is 11.5. The molecule has 0 spiro atoms. The average Bonchev–Trinajstić information content (AvgIpc) is 2.15. The van der Waals surface area contributed by atoms with Gasteiger partial charge in [-0.05, 0) is 13.8 Å². The molecule has 7 nitrogen and oxygen atoms in total. The van der Waals surface area contributed by atoms with Gasteiger partial charge in [0.25, 0.3) is 5.91 Å². The Kier molecular flexibility index (Phi) is 4.90. The number of amides is 2. The first-order valence-corrected chi connectivity index (χ1v) is 4.58. The minimum absolute atomic E-state index is 0.457. The van der Waals surface area contributed by atoms with Gasteiger partial charge in [0.2, 0.25) is 5.91 Å². The molecule has 0 aliphatic carbocycles. The van der Waals surface area contributed by atoms with Crippen molar-refractivity contribution in [3.63, 3.8) is 0 Å². The van der Waals surface area contributed by atoms with Crippen LogP contribution >= 0.6 is 0 Å². The second-order valence-corrected chi connectivity index (χ2v) is 3.75. The monoisotopic (exact) mass is 232 g/mol. The summed E-state index contributed by atoms with van der Waals surface area (Å²) in [6, 6.07) is -1.33. The molecule has 16 heavy (non-hydrogen) atoms. The average molecular weight is 232 g/mol. The molecular formula is C9H16N2O5. The SMILES string of the molecule is COC(C)(C)C(=O)NC(CC(N)=O)C(=O)O. The highest BCUT2D eigenvalue weighted by molar-refractivity contribution is 5.91. The molecule has 1 unspecified atom stereocenters. The fraction of sp³-hybridized carbons (Fsp3) is 0.667. The number of nitrogens with one attached hydrogen (secondary N) is 1. The molecule has 0 aliphatic heterocycles. The molecule has 0 aromatic carbocycles. The lowest BCUT2D eigenvalue weighted by Gasteiger charge is -2.24. The van der Waals surface area contributed by atoms with Gasteiger partial charge >= 0.3 is 5.97 Å². The van der Waals surface area contributed by atoms with Crippen LogP contribution in [-0.4, -0.2) is 41.6 Å². The summed E-state index contributed by atoms with van der Waals surface area (Å²) in [5, 5.41) is 10.9. The van der Waals surface area contributed by atoms with Gasteiger partial charge in [-0.15, -0.1) is 0 Å². The summed E-state index contributed by atoms with van der Waals surface area (Å²) in [6.45, 7) is 2.96. The van der Waals surface area contributed by atoms with Crippen LogP contribution in [0.5, 0.6) is 0 Å². The molecule has 0 aromatic rings. The van der Waals surface area contributed by atoms with E-state index in [-0.39, 0.29) is 0 Å². The lowest BCUT2D eigenvalue weighted by Crippen LogP contribution is -2.51. The van der Waals surface area contributed by atoms with Crippen LogP contribution in [0.3, 0.4) is 0 Å². The summed E-state index contributed by atoms with van der Waals surface area (Å²) in [5.41, 5.74) is 3.70. The Hall–Kier alpha value is -1.63. The number of ether oxygens (including phenoxy) is 1. The standard InChI is InChI=1S/C9H16N2O5/c1-9(2,16-3)8(15)11-5(7(13)14)4-6(10)12/h5H,4H2,1-3H3,(H2,10,12)(H,11,15)(H,13,14). The lowest BCUT2D eigenvalue weighted by atomic mass is 10.1. The third-order valence-electron chi connectivity index (χ3n) is 2.07. The van der Waals surface area contributed by atoms with Crippen molar-refractivity contribution in [3.8, 4) is 0 Å². The number of hydrogen-bond donors (Lipinski definition) is 3. The zero-order valence-electron chi connectivity index (χ0n) is 9.44. The molecule has 0 radical (unpaired) electrons. The molecule has 0 heterocycles. The number of aliphatic carboxylic acids is 1. The second-order valence-electron chi connectivity index (χ2n) is 3.75. The fourth-order valence-electron chi connectivity index (χ4n) is 0.826. The van der Waals surface area contributed by atoms with Gasteiger partial charge in [0.15, 0.2) is 0 Å². The van der Waals surface area contributed by atoms with Crippen molar-refractivity contribution < 1.29 is 24.2 Å². The topological polar surface area (TPSA) is 119 Å². The van der Waals surface area contributed by atoms with Crippen LogP contribution in [0.2, 0.25) is 0 Å². The molecule has 0 fully saturated rings. The molecule has 0 aliphatic rings. The van der Waals surface area contributed by atoms with Crippen molar-refractivity contribution in [3.05, 3.63) is 0 Å². The van der Waals surface area contributed by atoms with Crippen LogP contribution in [0.15, 0.2) is 0 Å². The third kappa shape index (κ3) is 4.26. The van der Waals surface area contributed by atoms with Crippen molar-refractivity contribution in [2.45, 2.75) is 31.9 Å². The molecule has 92 valence electrons. The summed E-state index contributed by atoms with van der Waals surface area (Å²) in [4.78, 5) is 32.9. The Labute approximate surface area is 92.9 Å². The van der Waals surface area contributed by atoms with Gasteiger partial charge in [0, 0.05) is 7.11 Å². The highest BCUT2D eigenvalue weighted by Gasteiger charge is 2.31. The van der Waals surface area contributed by atoms with Gasteiger partial charge in [-0.3, -0.25) is 9.59 Å². The van der Waals surface area contributed by atoms with Gasteiger partial charge in [0.1, 0.15) is 11.6 Å². The minimum atomic E-state index is -1.33. The molecule has 4 N–H and O–H groups in total. The normalized spacial score (nSPS) is 12.9. The Morgan fingerprint density at radius 2 is 1.94 bits per heavy atom. The Bertz CT molecular complexity index is 300. The van der Waals surface area contributed by atoms with Gasteiger partial charge in [0.05, 0.1) is 6.42 Å². The highest BCUT2D eigenvalue weighted by Crippen LogP contribution is 2.08. The van der Waals surface area contributed by atoms with Crippen molar-refractivity contribution >= 4 is 17.8 Å². The van der Waals surface area contributed by atoms with Crippen molar-refractivity contribution in [2.75, 3.05) is 7.11 Å². The largest absolute Gasteiger partial charge is 0.480 e. The number of methoxy groups -OCH3 is 1. The number of carboxylic acids is 1. The third-order valence-corrected chi connectivity index (χ3v) is 2.07. The van der Waals surface area contributed by atoms with Crippen LogP contribution in [0.25, 0.3) is 0 Å². The molecule has 0 saturated heterocycles. The van der Waals surface area contributed by atoms with E-state index in [9.17, 15) is 14.4 Å². The Morgan fingerprint density at radius 3 is 2.25 bits per heavy atom. The first-order chi connectivity index (χ1) is 7.20. The molecule has 0 aromatic heterocycles. The number of carboxylic acid groups (broad SMARTS) is 1. The van der Waals surface area contributed by atoms with Gasteiger partial charge in [-0.25, -0.2) is 4.79 Å². The number of primary amides is 1. The molecule has 2 amide bonds. The first kappa shape index (κ1) is 14.4. The van der Waals surface area contributed by atoms with E-state index in [1.165, 1.54) is 21.0 Å². The van der Waals surface area contributed by atoms with Gasteiger partial charge in [-0.2, -0.15) is 0 Å². The molecular weight excluding hydrogens is 216 g/mol. The van der Waals surface area contributed by atoms with Gasteiger partial charge in [-0.1, -0.05) is 0 Å². The van der Waals surface area contributed by atoms with E-state index in [2.05, 4.69) is 5.32 Å². The van der Waals surface area contributed by atoms with E-state index < -0.39 is 35.8 Å². The maximum Gasteiger partial charge on any atom is 0.326 e. The minimum Gasteiger partial charge on any atom is -0.480 e. The molecule has 7 heteroatoms. The van der Waals surface area contributed by atoms with Crippen LogP contribution in [-0.2, 0) is 19.1 Å². The summed E-state index contributed by atoms with van der Waals surface area (Å²) < 4.78 is 4.86. The summed E-state index contributed by atoms with van der Waals surface area (Å²) >= 11 is 0. The van der Waals surface area contributed by atoms with E-state index in [0.29, 0.717) is 0 Å². The van der Waals surface area contributed by atoms with E-state index >= 15 is 0 Å². The summed E-state index contributed by atoms with van der Waals surface area (Å²) in [7, 11) is 1.32. The Balaban J connectivity index is 4.58. The number of nitrogens with two attached hydrogens (primary N) is 1. The molecule has 1 atom stereocenters.